The fourth-order valence-corrected chi connectivity index (χ4v) is 1.08. The first kappa shape index (κ1) is 12.4. The fraction of sp³-hybridized carbons (Fsp3) is 0.273. The fourth-order valence-electron chi connectivity index (χ4n) is 1.08. The highest BCUT2D eigenvalue weighted by molar-refractivity contribution is 5.97. The summed E-state index contributed by atoms with van der Waals surface area (Å²) in [7, 11) is 0. The molecule has 0 aromatic heterocycles. The van der Waals surface area contributed by atoms with E-state index in [0.717, 1.165) is 11.1 Å². The maximum Gasteiger partial charge on any atom is 0.204 e. The summed E-state index contributed by atoms with van der Waals surface area (Å²) in [6, 6.07) is 7.68. The van der Waals surface area contributed by atoms with Crippen molar-refractivity contribution >= 4 is 12.2 Å². The van der Waals surface area contributed by atoms with Gasteiger partial charge in [-0.05, 0) is 12.5 Å². The molecule has 2 N–H and O–H groups in total. The van der Waals surface area contributed by atoms with Crippen molar-refractivity contribution in [3.63, 3.8) is 0 Å². The molecule has 14 heavy (non-hydrogen) atoms. The number of hydrogen-bond donors (Lipinski definition) is 1. The van der Waals surface area contributed by atoms with Crippen molar-refractivity contribution in [2.24, 2.45) is 5.73 Å². The zero-order valence-electron chi connectivity index (χ0n) is 8.49. The van der Waals surface area contributed by atoms with Crippen molar-refractivity contribution in [2.75, 3.05) is 0 Å². The van der Waals surface area contributed by atoms with E-state index in [0.29, 0.717) is 6.42 Å². The van der Waals surface area contributed by atoms with Gasteiger partial charge in [0.2, 0.25) is 6.41 Å². The van der Waals surface area contributed by atoms with Crippen LogP contribution < -0.4 is 5.73 Å². The van der Waals surface area contributed by atoms with E-state index in [1.807, 2.05) is 38.1 Å². The number of amides is 1. The minimum Gasteiger partial charge on any atom is -0.372 e. The van der Waals surface area contributed by atoms with E-state index in [4.69, 9.17) is 4.79 Å². The molecule has 0 aliphatic rings. The van der Waals surface area contributed by atoms with Crippen molar-refractivity contribution in [2.45, 2.75) is 20.3 Å². The predicted octanol–water partition coefficient (Wildman–Crippen LogP) is 1.69. The molecule has 0 atom stereocenters. The molecule has 0 spiro atoms. The number of aryl methyl sites for hydroxylation is 1. The smallest absolute Gasteiger partial charge is 0.204 e. The third-order valence-corrected chi connectivity index (χ3v) is 1.77. The van der Waals surface area contributed by atoms with Crippen molar-refractivity contribution in [3.8, 4) is 0 Å². The van der Waals surface area contributed by atoms with Gasteiger partial charge in [-0.3, -0.25) is 9.59 Å². The SMILES string of the molecule is CCC(=O)c1ccccc1C.NC=O. The van der Waals surface area contributed by atoms with Crippen molar-refractivity contribution < 1.29 is 9.59 Å². The van der Waals surface area contributed by atoms with E-state index in [2.05, 4.69) is 5.73 Å². The predicted molar refractivity (Wildman–Crippen MR) is 56.1 cm³/mol. The van der Waals surface area contributed by atoms with Gasteiger partial charge in [-0.1, -0.05) is 31.2 Å². The number of primary amides is 1. The monoisotopic (exact) mass is 193 g/mol. The molecule has 0 saturated heterocycles. The average Bonchev–Trinajstić information content (AvgIpc) is 2.19. The van der Waals surface area contributed by atoms with Gasteiger partial charge >= 0.3 is 0 Å². The molecule has 3 nitrogen and oxygen atoms in total. The second-order valence-corrected chi connectivity index (χ2v) is 2.73. The Bertz CT molecular complexity index is 308. The van der Waals surface area contributed by atoms with Crippen LogP contribution in [0.4, 0.5) is 0 Å². The van der Waals surface area contributed by atoms with Crippen LogP contribution in [0.15, 0.2) is 24.3 Å². The molecule has 0 aliphatic heterocycles. The molecule has 1 amide bonds. The first-order valence-corrected chi connectivity index (χ1v) is 4.41. The Morgan fingerprint density at radius 1 is 1.43 bits per heavy atom. The van der Waals surface area contributed by atoms with E-state index in [-0.39, 0.29) is 12.2 Å². The van der Waals surface area contributed by atoms with Gasteiger partial charge in [-0.2, -0.15) is 0 Å². The normalized spacial score (nSPS) is 8.43. The molecular weight excluding hydrogens is 178 g/mol. The highest BCUT2D eigenvalue weighted by Crippen LogP contribution is 2.08. The summed E-state index contributed by atoms with van der Waals surface area (Å²) in [5.74, 6) is 0.225. The number of carbonyl (C=O) groups excluding carboxylic acids is 2. The summed E-state index contributed by atoms with van der Waals surface area (Å²) >= 11 is 0. The number of rotatable bonds is 2. The Balaban J connectivity index is 0.000000500. The lowest BCUT2D eigenvalue weighted by Gasteiger charge is -2.00. The highest BCUT2D eigenvalue weighted by atomic mass is 16.1. The molecule has 0 radical (unpaired) electrons. The first-order valence-electron chi connectivity index (χ1n) is 4.41. The van der Waals surface area contributed by atoms with Crippen molar-refractivity contribution in [1.82, 2.24) is 0 Å². The summed E-state index contributed by atoms with van der Waals surface area (Å²) < 4.78 is 0. The number of hydrogen-bond acceptors (Lipinski definition) is 2. The van der Waals surface area contributed by atoms with Gasteiger partial charge in [0.1, 0.15) is 0 Å². The van der Waals surface area contributed by atoms with Gasteiger partial charge in [0.15, 0.2) is 5.78 Å². The van der Waals surface area contributed by atoms with E-state index in [1.54, 1.807) is 0 Å². The lowest BCUT2D eigenvalue weighted by Crippen LogP contribution is -1.98. The molecule has 3 heteroatoms. The van der Waals surface area contributed by atoms with Crippen LogP contribution in [0.1, 0.15) is 29.3 Å². The number of carbonyl (C=O) groups is 2. The molecule has 0 unspecified atom stereocenters. The van der Waals surface area contributed by atoms with Crippen LogP contribution in [0.2, 0.25) is 0 Å². The molecular formula is C11H15NO2. The second kappa shape index (κ2) is 6.83. The van der Waals surface area contributed by atoms with E-state index in [1.165, 1.54) is 0 Å². The molecule has 76 valence electrons. The third kappa shape index (κ3) is 3.85. The maximum atomic E-state index is 11.2. The molecule has 1 aromatic rings. The first-order chi connectivity index (χ1) is 6.67. The van der Waals surface area contributed by atoms with Crippen LogP contribution in [-0.2, 0) is 4.79 Å². The van der Waals surface area contributed by atoms with Gasteiger partial charge in [0.25, 0.3) is 0 Å². The van der Waals surface area contributed by atoms with Crippen LogP contribution in [0.5, 0.6) is 0 Å². The summed E-state index contributed by atoms with van der Waals surface area (Å²) in [6.45, 7) is 3.84. The van der Waals surface area contributed by atoms with Crippen molar-refractivity contribution in [3.05, 3.63) is 35.4 Å². The van der Waals surface area contributed by atoms with Gasteiger partial charge in [-0.15, -0.1) is 0 Å². The van der Waals surface area contributed by atoms with Crippen LogP contribution in [0.25, 0.3) is 0 Å². The number of benzene rings is 1. The standard InChI is InChI=1S/C10H12O.CH3NO/c1-3-10(11)9-7-5-4-6-8(9)2;2-1-3/h4-7H,3H2,1-2H3;1H,(H2,2,3). The average molecular weight is 193 g/mol. The molecule has 1 aromatic carbocycles. The number of ketones is 1. The van der Waals surface area contributed by atoms with Crippen LogP contribution in [0.3, 0.4) is 0 Å². The summed E-state index contributed by atoms with van der Waals surface area (Å²) in [4.78, 5) is 19.8. The van der Waals surface area contributed by atoms with Gasteiger partial charge in [0.05, 0.1) is 0 Å². The maximum absolute atomic E-state index is 11.2. The molecule has 0 heterocycles. The van der Waals surface area contributed by atoms with Crippen LogP contribution >= 0.6 is 0 Å². The van der Waals surface area contributed by atoms with Crippen LogP contribution in [0, 0.1) is 6.92 Å². The van der Waals surface area contributed by atoms with E-state index >= 15 is 0 Å². The minimum atomic E-state index is 0.225. The van der Waals surface area contributed by atoms with Gasteiger partial charge in [0, 0.05) is 12.0 Å². The molecule has 0 bridgehead atoms. The van der Waals surface area contributed by atoms with Gasteiger partial charge in [-0.25, -0.2) is 0 Å². The molecule has 1 rings (SSSR count). The zero-order valence-corrected chi connectivity index (χ0v) is 8.49. The molecule has 0 aliphatic carbocycles. The number of nitrogens with two attached hydrogens (primary N) is 1. The lowest BCUT2D eigenvalue weighted by molar-refractivity contribution is -0.106. The van der Waals surface area contributed by atoms with E-state index < -0.39 is 0 Å². The Kier molecular flexibility index (Phi) is 6.03. The number of Topliss-reactive ketones (excluding diaryl/α,β-unsaturated/α-hetero) is 1. The Labute approximate surface area is 83.9 Å². The summed E-state index contributed by atoms with van der Waals surface area (Å²) in [5.41, 5.74) is 6.09. The highest BCUT2D eigenvalue weighted by Gasteiger charge is 2.03. The summed E-state index contributed by atoms with van der Waals surface area (Å²) in [5, 5.41) is 0. The largest absolute Gasteiger partial charge is 0.372 e. The Morgan fingerprint density at radius 3 is 2.36 bits per heavy atom. The summed E-state index contributed by atoms with van der Waals surface area (Å²) in [6.07, 6.45) is 0.838. The Morgan fingerprint density at radius 2 is 1.93 bits per heavy atom. The van der Waals surface area contributed by atoms with Crippen LogP contribution in [-0.4, -0.2) is 12.2 Å². The van der Waals surface area contributed by atoms with Crippen molar-refractivity contribution in [1.29, 1.82) is 0 Å². The van der Waals surface area contributed by atoms with E-state index in [9.17, 15) is 4.79 Å². The molecule has 0 fully saturated rings. The van der Waals surface area contributed by atoms with Gasteiger partial charge < -0.3 is 5.73 Å². The Hall–Kier alpha value is -1.64. The topological polar surface area (TPSA) is 60.2 Å². The lowest BCUT2D eigenvalue weighted by atomic mass is 10.0. The second-order valence-electron chi connectivity index (χ2n) is 2.73. The molecule has 0 saturated carbocycles. The zero-order chi connectivity index (χ0) is 11.0. The quantitative estimate of drug-likeness (QED) is 0.574. The third-order valence-electron chi connectivity index (χ3n) is 1.77. The minimum absolute atomic E-state index is 0.225.